The summed E-state index contributed by atoms with van der Waals surface area (Å²) in [6.07, 6.45) is 1.25. The van der Waals surface area contributed by atoms with Gasteiger partial charge in [-0.25, -0.2) is 0 Å². The normalized spacial score (nSPS) is 26.3. The van der Waals surface area contributed by atoms with Crippen molar-refractivity contribution in [3.05, 3.63) is 35.4 Å². The van der Waals surface area contributed by atoms with Crippen molar-refractivity contribution in [3.63, 3.8) is 0 Å². The van der Waals surface area contributed by atoms with Gasteiger partial charge in [-0.05, 0) is 38.2 Å². The second kappa shape index (κ2) is 6.29. The monoisotopic (exact) mass is 289 g/mol. The van der Waals surface area contributed by atoms with Gasteiger partial charge in [0, 0.05) is 0 Å². The zero-order chi connectivity index (χ0) is 15.6. The Kier molecular flexibility index (Phi) is 4.66. The van der Waals surface area contributed by atoms with Crippen molar-refractivity contribution < 1.29 is 14.7 Å². The van der Waals surface area contributed by atoms with Gasteiger partial charge in [0.25, 0.3) is 0 Å². The molecule has 4 atom stereocenters. The highest BCUT2D eigenvalue weighted by Crippen LogP contribution is 2.36. The Labute approximate surface area is 125 Å². The molecule has 114 valence electrons. The van der Waals surface area contributed by atoms with Crippen LogP contribution in [0.2, 0.25) is 0 Å². The fourth-order valence-corrected chi connectivity index (χ4v) is 3.11. The molecule has 1 aliphatic rings. The van der Waals surface area contributed by atoms with Crippen LogP contribution in [0.25, 0.3) is 0 Å². The van der Waals surface area contributed by atoms with Gasteiger partial charge in [0.15, 0.2) is 0 Å². The molecule has 0 spiro atoms. The predicted octanol–water partition coefficient (Wildman–Crippen LogP) is 2.92. The summed E-state index contributed by atoms with van der Waals surface area (Å²) >= 11 is 0. The average molecular weight is 289 g/mol. The van der Waals surface area contributed by atoms with Crippen LogP contribution in [0.5, 0.6) is 0 Å². The Morgan fingerprint density at radius 1 is 1.19 bits per heavy atom. The summed E-state index contributed by atoms with van der Waals surface area (Å²) < 4.78 is 0. The van der Waals surface area contributed by atoms with Crippen LogP contribution >= 0.6 is 0 Å². The third kappa shape index (κ3) is 3.63. The fourth-order valence-electron chi connectivity index (χ4n) is 3.11. The Morgan fingerprint density at radius 3 is 2.33 bits per heavy atom. The van der Waals surface area contributed by atoms with Crippen LogP contribution in [0.3, 0.4) is 0 Å². The number of carboxylic acids is 1. The lowest BCUT2D eigenvalue weighted by atomic mass is 9.94. The van der Waals surface area contributed by atoms with E-state index in [9.17, 15) is 14.7 Å². The number of benzene rings is 1. The lowest BCUT2D eigenvalue weighted by Gasteiger charge is -2.20. The minimum atomic E-state index is -0.859. The van der Waals surface area contributed by atoms with Crippen LogP contribution in [-0.4, -0.2) is 17.0 Å². The zero-order valence-electron chi connectivity index (χ0n) is 12.8. The number of carbonyl (C=O) groups is 2. The van der Waals surface area contributed by atoms with Gasteiger partial charge < -0.3 is 10.4 Å². The molecule has 1 aromatic carbocycles. The smallest absolute Gasteiger partial charge is 0.307 e. The van der Waals surface area contributed by atoms with Crippen LogP contribution in [0.4, 0.5) is 0 Å². The molecule has 1 aliphatic carbocycles. The van der Waals surface area contributed by atoms with Gasteiger partial charge in [-0.2, -0.15) is 0 Å². The molecular weight excluding hydrogens is 266 g/mol. The maximum atomic E-state index is 12.4. The second-order valence-corrected chi connectivity index (χ2v) is 6.27. The molecule has 4 nitrogen and oxygen atoms in total. The molecule has 0 aliphatic heterocycles. The molecule has 2 rings (SSSR count). The third-order valence-electron chi connectivity index (χ3n) is 4.39. The van der Waals surface area contributed by atoms with Crippen molar-refractivity contribution in [2.45, 2.75) is 39.7 Å². The Balaban J connectivity index is 2.03. The molecule has 0 heterocycles. The summed E-state index contributed by atoms with van der Waals surface area (Å²) in [4.78, 5) is 23.7. The standard InChI is InChI=1S/C17H23NO3/c1-10-4-6-13(7-5-10)12(3)18-16(19)14-8-11(2)9-15(14)17(20)21/h4-7,11-12,14-15H,8-9H2,1-3H3,(H,18,19)(H,20,21)/t11?,12-,14+,15-/m1/s1. The van der Waals surface area contributed by atoms with E-state index in [1.165, 1.54) is 5.56 Å². The number of aliphatic carboxylic acids is 1. The fraction of sp³-hybridized carbons (Fsp3) is 0.529. The van der Waals surface area contributed by atoms with Crippen molar-refractivity contribution in [2.24, 2.45) is 17.8 Å². The van der Waals surface area contributed by atoms with Crippen molar-refractivity contribution in [2.75, 3.05) is 0 Å². The summed E-state index contributed by atoms with van der Waals surface area (Å²) in [6, 6.07) is 7.90. The van der Waals surface area contributed by atoms with Gasteiger partial charge in [0.1, 0.15) is 0 Å². The second-order valence-electron chi connectivity index (χ2n) is 6.27. The molecule has 1 aromatic rings. The maximum absolute atomic E-state index is 12.4. The van der Waals surface area contributed by atoms with Gasteiger partial charge in [-0.1, -0.05) is 36.8 Å². The van der Waals surface area contributed by atoms with Crippen molar-refractivity contribution in [1.82, 2.24) is 5.32 Å². The molecule has 4 heteroatoms. The molecule has 0 saturated heterocycles. The number of carbonyl (C=O) groups excluding carboxylic acids is 1. The molecule has 1 saturated carbocycles. The molecule has 1 fully saturated rings. The van der Waals surface area contributed by atoms with Gasteiger partial charge in [0.2, 0.25) is 5.91 Å². The molecule has 0 aromatic heterocycles. The number of amides is 1. The van der Waals surface area contributed by atoms with Gasteiger partial charge >= 0.3 is 5.97 Å². The van der Waals surface area contributed by atoms with E-state index >= 15 is 0 Å². The van der Waals surface area contributed by atoms with E-state index < -0.39 is 17.8 Å². The van der Waals surface area contributed by atoms with Crippen LogP contribution in [0, 0.1) is 24.7 Å². The van der Waals surface area contributed by atoms with E-state index in [4.69, 9.17) is 0 Å². The molecule has 0 bridgehead atoms. The summed E-state index contributed by atoms with van der Waals surface area (Å²) in [6.45, 7) is 5.95. The molecule has 1 amide bonds. The first-order valence-corrected chi connectivity index (χ1v) is 7.48. The molecule has 21 heavy (non-hydrogen) atoms. The lowest BCUT2D eigenvalue weighted by molar-refractivity contribution is -0.146. The van der Waals surface area contributed by atoms with Gasteiger partial charge in [-0.3, -0.25) is 9.59 Å². The van der Waals surface area contributed by atoms with E-state index in [0.29, 0.717) is 12.8 Å². The first-order valence-electron chi connectivity index (χ1n) is 7.48. The highest BCUT2D eigenvalue weighted by Gasteiger charge is 2.41. The zero-order valence-corrected chi connectivity index (χ0v) is 12.8. The number of nitrogens with one attached hydrogen (secondary N) is 1. The molecule has 2 N–H and O–H groups in total. The van der Waals surface area contributed by atoms with Crippen molar-refractivity contribution in [1.29, 1.82) is 0 Å². The van der Waals surface area contributed by atoms with E-state index in [0.717, 1.165) is 5.56 Å². The van der Waals surface area contributed by atoms with Gasteiger partial charge in [0.05, 0.1) is 17.9 Å². The Hall–Kier alpha value is -1.84. The number of carboxylic acid groups (broad SMARTS) is 1. The summed E-state index contributed by atoms with van der Waals surface area (Å²) in [5.41, 5.74) is 2.21. The third-order valence-corrected chi connectivity index (χ3v) is 4.39. The maximum Gasteiger partial charge on any atom is 0.307 e. The molecule has 1 unspecified atom stereocenters. The molecule has 0 radical (unpaired) electrons. The van der Waals surface area contributed by atoms with Crippen LogP contribution in [0.15, 0.2) is 24.3 Å². The average Bonchev–Trinajstić information content (AvgIpc) is 2.82. The van der Waals surface area contributed by atoms with Crippen LogP contribution in [0.1, 0.15) is 43.9 Å². The van der Waals surface area contributed by atoms with Gasteiger partial charge in [-0.15, -0.1) is 0 Å². The molecular formula is C17H23NO3. The summed E-state index contributed by atoms with van der Waals surface area (Å²) in [5.74, 6) is -1.67. The number of hydrogen-bond donors (Lipinski definition) is 2. The van der Waals surface area contributed by atoms with E-state index in [1.54, 1.807) is 0 Å². The van der Waals surface area contributed by atoms with Crippen molar-refractivity contribution in [3.8, 4) is 0 Å². The lowest BCUT2D eigenvalue weighted by Crippen LogP contribution is -2.36. The Morgan fingerprint density at radius 2 is 1.76 bits per heavy atom. The van der Waals surface area contributed by atoms with Crippen LogP contribution in [-0.2, 0) is 9.59 Å². The van der Waals surface area contributed by atoms with E-state index in [2.05, 4.69) is 5.32 Å². The number of hydrogen-bond acceptors (Lipinski definition) is 2. The highest BCUT2D eigenvalue weighted by atomic mass is 16.4. The topological polar surface area (TPSA) is 66.4 Å². The first kappa shape index (κ1) is 15.5. The Bertz CT molecular complexity index is 523. The van der Waals surface area contributed by atoms with E-state index in [-0.39, 0.29) is 17.9 Å². The van der Waals surface area contributed by atoms with Crippen LogP contribution < -0.4 is 5.32 Å². The SMILES string of the molecule is Cc1ccc([C@@H](C)NC(=O)[C@H]2CC(C)C[C@H]2C(=O)O)cc1. The number of aryl methyl sites for hydroxylation is 1. The predicted molar refractivity (Wildman–Crippen MR) is 80.8 cm³/mol. The quantitative estimate of drug-likeness (QED) is 0.895. The van der Waals surface area contributed by atoms with E-state index in [1.807, 2.05) is 45.0 Å². The summed E-state index contributed by atoms with van der Waals surface area (Å²) in [5, 5.41) is 12.2. The minimum absolute atomic E-state index is 0.108. The van der Waals surface area contributed by atoms with Crippen molar-refractivity contribution >= 4 is 11.9 Å². The minimum Gasteiger partial charge on any atom is -0.481 e. The number of rotatable bonds is 4. The largest absolute Gasteiger partial charge is 0.481 e. The summed E-state index contributed by atoms with van der Waals surface area (Å²) in [7, 11) is 0. The highest BCUT2D eigenvalue weighted by molar-refractivity contribution is 5.85. The first-order chi connectivity index (χ1) is 9.88.